The number of ether oxygens (including phenoxy) is 1. The van der Waals surface area contributed by atoms with Crippen LogP contribution in [0.3, 0.4) is 0 Å². The van der Waals surface area contributed by atoms with Crippen molar-refractivity contribution in [2.45, 2.75) is 57.9 Å². The number of hydrogen-bond donors (Lipinski definition) is 2. The van der Waals surface area contributed by atoms with E-state index in [2.05, 4.69) is 55.6 Å². The van der Waals surface area contributed by atoms with Crippen LogP contribution in [0.25, 0.3) is 16.1 Å². The molecule has 0 saturated carbocycles. The Morgan fingerprint density at radius 1 is 1.24 bits per heavy atom. The van der Waals surface area contributed by atoms with Crippen LogP contribution in [0.15, 0.2) is 46.8 Å². The molecule has 1 aliphatic carbocycles. The lowest BCUT2D eigenvalue weighted by Crippen LogP contribution is -2.15. The topological polar surface area (TPSA) is 106 Å². The van der Waals surface area contributed by atoms with Crippen LogP contribution < -0.4 is 9.46 Å². The second-order valence-electron chi connectivity index (χ2n) is 10.5. The number of rotatable bonds is 8. The molecule has 202 valence electrons. The minimum atomic E-state index is -4.21. The summed E-state index contributed by atoms with van der Waals surface area (Å²) < 4.78 is 47.8. The molecule has 2 aromatic carbocycles. The van der Waals surface area contributed by atoms with Crippen LogP contribution in [-0.4, -0.2) is 31.6 Å². The number of hydrogen-bond acceptors (Lipinski definition) is 6. The van der Waals surface area contributed by atoms with Crippen molar-refractivity contribution in [3.63, 3.8) is 0 Å². The van der Waals surface area contributed by atoms with E-state index in [4.69, 9.17) is 9.84 Å². The molecule has 0 radical (unpaired) electrons. The molecule has 0 amide bonds. The van der Waals surface area contributed by atoms with Gasteiger partial charge in [0.2, 0.25) is 0 Å². The number of allylic oxidation sites excluding steroid dienone is 2. The van der Waals surface area contributed by atoms with Gasteiger partial charge in [-0.25, -0.2) is 14.2 Å². The fourth-order valence-electron chi connectivity index (χ4n) is 4.44. The molecule has 0 spiro atoms. The van der Waals surface area contributed by atoms with E-state index in [1.807, 2.05) is 6.07 Å². The van der Waals surface area contributed by atoms with Crippen LogP contribution in [0.1, 0.15) is 74.4 Å². The Morgan fingerprint density at radius 2 is 1.97 bits per heavy atom. The van der Waals surface area contributed by atoms with Gasteiger partial charge in [0.15, 0.2) is 5.03 Å². The summed E-state index contributed by atoms with van der Waals surface area (Å²) in [4.78, 5) is 15.6. The second-order valence-corrected chi connectivity index (χ2v) is 13.0. The fourth-order valence-corrected chi connectivity index (χ4v) is 6.65. The van der Waals surface area contributed by atoms with Crippen molar-refractivity contribution in [2.75, 3.05) is 11.8 Å². The molecule has 10 heteroatoms. The molecule has 4 rings (SSSR count). The first-order chi connectivity index (χ1) is 17.8. The van der Waals surface area contributed by atoms with Gasteiger partial charge in [-0.3, -0.25) is 4.72 Å². The van der Waals surface area contributed by atoms with Crippen molar-refractivity contribution in [3.05, 3.63) is 64.3 Å². The zero-order valence-corrected chi connectivity index (χ0v) is 23.6. The Kier molecular flexibility index (Phi) is 7.67. The Hall–Kier alpha value is -3.24. The number of methoxy groups -OCH3 is 1. The zero-order valence-electron chi connectivity index (χ0n) is 22.0. The van der Waals surface area contributed by atoms with Crippen molar-refractivity contribution in [3.8, 4) is 16.3 Å². The summed E-state index contributed by atoms with van der Waals surface area (Å²) in [5, 5.41) is 10.9. The van der Waals surface area contributed by atoms with E-state index in [0.717, 1.165) is 42.5 Å². The van der Waals surface area contributed by atoms with E-state index in [1.54, 1.807) is 0 Å². The van der Waals surface area contributed by atoms with Gasteiger partial charge in [0.1, 0.15) is 16.6 Å². The molecule has 1 heterocycles. The normalized spacial score (nSPS) is 15.3. The SMILES string of the molecule is COc1cc(C(=O)O)c(F)cc1NS(=O)(=O)c1csc(-c2ccc(C3=CCC(C)(C)CC3)cc2C(C)C)n1. The number of aromatic carboxylic acids is 1. The van der Waals surface area contributed by atoms with Crippen molar-refractivity contribution in [1.29, 1.82) is 0 Å². The number of benzene rings is 2. The molecule has 7 nitrogen and oxygen atoms in total. The summed E-state index contributed by atoms with van der Waals surface area (Å²) in [7, 11) is -2.97. The van der Waals surface area contributed by atoms with E-state index in [0.29, 0.717) is 10.4 Å². The molecule has 0 atom stereocenters. The lowest BCUT2D eigenvalue weighted by atomic mass is 9.76. The molecule has 2 N–H and O–H groups in total. The molecular weight excluding hydrogens is 527 g/mol. The van der Waals surface area contributed by atoms with Gasteiger partial charge in [0.05, 0.1) is 18.4 Å². The maximum Gasteiger partial charge on any atom is 0.338 e. The average Bonchev–Trinajstić information content (AvgIpc) is 3.35. The van der Waals surface area contributed by atoms with Crippen molar-refractivity contribution < 1.29 is 27.4 Å². The highest BCUT2D eigenvalue weighted by molar-refractivity contribution is 7.92. The molecule has 0 unspecified atom stereocenters. The minimum Gasteiger partial charge on any atom is -0.495 e. The molecule has 3 aromatic rings. The monoisotopic (exact) mass is 558 g/mol. The number of halogens is 1. The van der Waals surface area contributed by atoms with Gasteiger partial charge in [-0.15, -0.1) is 11.3 Å². The summed E-state index contributed by atoms with van der Waals surface area (Å²) in [5.41, 5.74) is 3.92. The molecule has 0 saturated heterocycles. The van der Waals surface area contributed by atoms with Crippen LogP contribution in [-0.2, 0) is 10.0 Å². The van der Waals surface area contributed by atoms with Crippen LogP contribution in [0.5, 0.6) is 5.75 Å². The van der Waals surface area contributed by atoms with Gasteiger partial charge in [-0.1, -0.05) is 52.0 Å². The van der Waals surface area contributed by atoms with Crippen molar-refractivity contribution in [1.82, 2.24) is 4.98 Å². The van der Waals surface area contributed by atoms with Gasteiger partial charge in [-0.05, 0) is 53.4 Å². The number of sulfonamides is 1. The van der Waals surface area contributed by atoms with Gasteiger partial charge >= 0.3 is 5.97 Å². The van der Waals surface area contributed by atoms with Crippen LogP contribution in [0, 0.1) is 11.2 Å². The molecule has 0 fully saturated rings. The van der Waals surface area contributed by atoms with Crippen molar-refractivity contribution >= 4 is 38.6 Å². The Balaban J connectivity index is 1.65. The predicted octanol–water partition coefficient (Wildman–Crippen LogP) is 7.17. The highest BCUT2D eigenvalue weighted by Crippen LogP contribution is 2.40. The lowest BCUT2D eigenvalue weighted by Gasteiger charge is -2.29. The third kappa shape index (κ3) is 5.76. The van der Waals surface area contributed by atoms with E-state index >= 15 is 0 Å². The van der Waals surface area contributed by atoms with Gasteiger partial charge in [0.25, 0.3) is 10.0 Å². The number of thiazole rings is 1. The Morgan fingerprint density at radius 3 is 2.58 bits per heavy atom. The highest BCUT2D eigenvalue weighted by atomic mass is 32.2. The average molecular weight is 559 g/mol. The lowest BCUT2D eigenvalue weighted by molar-refractivity contribution is 0.0691. The van der Waals surface area contributed by atoms with Crippen molar-refractivity contribution in [2.24, 2.45) is 5.41 Å². The number of anilines is 1. The van der Waals surface area contributed by atoms with E-state index in [9.17, 15) is 17.6 Å². The third-order valence-corrected chi connectivity index (χ3v) is 9.04. The standard InChI is InChI=1S/C28H31FN2O5S2/c1-16(2)20-12-18(17-8-10-28(3,4)11-9-17)6-7-19(20)26-30-25(15-37-26)38(34,35)31-23-14-22(29)21(27(32)33)13-24(23)36-5/h6-8,12-16,31H,9-11H2,1-5H3,(H,32,33). The molecule has 0 aliphatic heterocycles. The van der Waals surface area contributed by atoms with E-state index in [-0.39, 0.29) is 22.4 Å². The maximum atomic E-state index is 14.3. The Bertz CT molecular complexity index is 1520. The molecule has 38 heavy (non-hydrogen) atoms. The number of carboxylic acid groups (broad SMARTS) is 1. The molecule has 1 aliphatic rings. The summed E-state index contributed by atoms with van der Waals surface area (Å²) in [6, 6.07) is 7.95. The third-order valence-electron chi connectivity index (χ3n) is 6.77. The van der Waals surface area contributed by atoms with Crippen LogP contribution >= 0.6 is 11.3 Å². The van der Waals surface area contributed by atoms with Gasteiger partial charge < -0.3 is 9.84 Å². The first-order valence-electron chi connectivity index (χ1n) is 12.2. The molecule has 1 aromatic heterocycles. The van der Waals surface area contributed by atoms with E-state index in [1.165, 1.54) is 35.0 Å². The second kappa shape index (κ2) is 10.5. The molecule has 0 bridgehead atoms. The number of aromatic nitrogens is 1. The summed E-state index contributed by atoms with van der Waals surface area (Å²) >= 11 is 1.20. The summed E-state index contributed by atoms with van der Waals surface area (Å²) in [6.45, 7) is 8.75. The minimum absolute atomic E-state index is 0.124. The number of nitrogens with zero attached hydrogens (tertiary/aromatic N) is 1. The van der Waals surface area contributed by atoms with Crippen LogP contribution in [0.2, 0.25) is 0 Å². The largest absolute Gasteiger partial charge is 0.495 e. The number of carbonyl (C=O) groups is 1. The Labute approximate surface area is 226 Å². The maximum absolute atomic E-state index is 14.3. The van der Waals surface area contributed by atoms with Gasteiger partial charge in [0, 0.05) is 17.0 Å². The predicted molar refractivity (Wildman–Crippen MR) is 148 cm³/mol. The smallest absolute Gasteiger partial charge is 0.338 e. The highest BCUT2D eigenvalue weighted by Gasteiger charge is 2.25. The summed E-state index contributed by atoms with van der Waals surface area (Å²) in [6.07, 6.45) is 5.51. The van der Waals surface area contributed by atoms with E-state index < -0.39 is 27.4 Å². The summed E-state index contributed by atoms with van der Waals surface area (Å²) in [5.74, 6) is -2.52. The fraction of sp³-hybridized carbons (Fsp3) is 0.357. The molecular formula is C28H31FN2O5S2. The first kappa shape index (κ1) is 27.8. The number of nitrogens with one attached hydrogen (secondary N) is 1. The number of carboxylic acids is 1. The van der Waals surface area contributed by atoms with Gasteiger partial charge in [-0.2, -0.15) is 8.42 Å². The van der Waals surface area contributed by atoms with Crippen LogP contribution in [0.4, 0.5) is 10.1 Å². The first-order valence-corrected chi connectivity index (χ1v) is 14.6. The quantitative estimate of drug-likeness (QED) is 0.304. The zero-order chi connectivity index (χ0) is 27.8.